The Hall–Kier alpha value is -1.74. The normalized spacial score (nSPS) is 10.3. The van der Waals surface area contributed by atoms with Gasteiger partial charge in [-0.05, 0) is 36.2 Å². The molecule has 0 saturated heterocycles. The van der Waals surface area contributed by atoms with Crippen molar-refractivity contribution in [3.63, 3.8) is 0 Å². The third kappa shape index (κ3) is 3.38. The molecule has 0 aliphatic carbocycles. The van der Waals surface area contributed by atoms with Gasteiger partial charge < -0.3 is 10.1 Å². The first-order valence-corrected chi connectivity index (χ1v) is 6.65. The van der Waals surface area contributed by atoms with Gasteiger partial charge in [-0.1, -0.05) is 24.6 Å². The van der Waals surface area contributed by atoms with Crippen LogP contribution in [0.1, 0.15) is 18.1 Å². The molecule has 0 fully saturated rings. The lowest BCUT2D eigenvalue weighted by Crippen LogP contribution is -2.02. The molecule has 0 unspecified atom stereocenters. The van der Waals surface area contributed by atoms with E-state index in [-0.39, 0.29) is 0 Å². The topological polar surface area (TPSA) is 34.1 Å². The fourth-order valence-corrected chi connectivity index (χ4v) is 2.10. The molecule has 1 heterocycles. The van der Waals surface area contributed by atoms with Gasteiger partial charge in [0.15, 0.2) is 0 Å². The molecular weight excluding hydrogens is 260 g/mol. The lowest BCUT2D eigenvalue weighted by atomic mass is 10.1. The summed E-state index contributed by atoms with van der Waals surface area (Å²) in [5, 5.41) is 3.84. The summed E-state index contributed by atoms with van der Waals surface area (Å²) < 4.78 is 5.79. The van der Waals surface area contributed by atoms with Gasteiger partial charge >= 0.3 is 0 Å². The van der Waals surface area contributed by atoms with Crippen LogP contribution in [0.5, 0.6) is 5.75 Å². The minimum Gasteiger partial charge on any atom is -0.489 e. The third-order valence-corrected chi connectivity index (χ3v) is 3.29. The highest BCUT2D eigenvalue weighted by Crippen LogP contribution is 2.23. The largest absolute Gasteiger partial charge is 0.489 e. The van der Waals surface area contributed by atoms with Crippen molar-refractivity contribution in [3.05, 3.63) is 52.7 Å². The summed E-state index contributed by atoms with van der Waals surface area (Å²) >= 11 is 6.09. The molecule has 100 valence electrons. The van der Waals surface area contributed by atoms with E-state index in [1.54, 1.807) is 6.20 Å². The number of benzene rings is 1. The van der Waals surface area contributed by atoms with Crippen LogP contribution >= 0.6 is 11.6 Å². The van der Waals surface area contributed by atoms with Crippen molar-refractivity contribution in [2.75, 3.05) is 12.4 Å². The van der Waals surface area contributed by atoms with E-state index in [0.717, 1.165) is 34.1 Å². The Morgan fingerprint density at radius 3 is 2.84 bits per heavy atom. The number of ether oxygens (including phenoxy) is 1. The lowest BCUT2D eigenvalue weighted by molar-refractivity contribution is 0.306. The molecule has 0 atom stereocenters. The molecule has 0 amide bonds. The van der Waals surface area contributed by atoms with E-state index >= 15 is 0 Å². The van der Waals surface area contributed by atoms with E-state index < -0.39 is 0 Å². The van der Waals surface area contributed by atoms with Gasteiger partial charge in [-0.2, -0.15) is 0 Å². The van der Waals surface area contributed by atoms with Crippen molar-refractivity contribution in [2.24, 2.45) is 0 Å². The molecule has 0 aliphatic heterocycles. The molecule has 1 aromatic heterocycles. The Morgan fingerprint density at radius 2 is 2.11 bits per heavy atom. The molecule has 1 aromatic carbocycles. The average Bonchev–Trinajstić information content (AvgIpc) is 2.46. The van der Waals surface area contributed by atoms with Crippen LogP contribution in [0.3, 0.4) is 0 Å². The fourth-order valence-electron chi connectivity index (χ4n) is 1.85. The molecule has 0 saturated carbocycles. The highest BCUT2D eigenvalue weighted by molar-refractivity contribution is 6.31. The quantitative estimate of drug-likeness (QED) is 0.899. The average molecular weight is 277 g/mol. The minimum absolute atomic E-state index is 0.481. The second-order valence-electron chi connectivity index (χ2n) is 4.16. The number of pyridine rings is 1. The van der Waals surface area contributed by atoms with Crippen molar-refractivity contribution in [1.29, 1.82) is 0 Å². The first-order chi connectivity index (χ1) is 9.24. The highest BCUT2D eigenvalue weighted by Gasteiger charge is 2.04. The number of nitrogens with one attached hydrogen (secondary N) is 1. The number of rotatable bonds is 5. The van der Waals surface area contributed by atoms with Crippen molar-refractivity contribution < 1.29 is 4.74 Å². The SMILES string of the molecule is CCc1cc(OCc2cccnc2NC)ccc1Cl. The summed E-state index contributed by atoms with van der Waals surface area (Å²) in [6.07, 6.45) is 2.65. The van der Waals surface area contributed by atoms with Crippen LogP contribution in [0.25, 0.3) is 0 Å². The van der Waals surface area contributed by atoms with E-state index in [1.807, 2.05) is 37.4 Å². The van der Waals surface area contributed by atoms with Gasteiger partial charge in [0.1, 0.15) is 18.2 Å². The monoisotopic (exact) mass is 276 g/mol. The molecule has 19 heavy (non-hydrogen) atoms. The summed E-state index contributed by atoms with van der Waals surface area (Å²) in [6.45, 7) is 2.56. The standard InChI is InChI=1S/C15H17ClN2O/c1-3-11-9-13(6-7-14(11)16)19-10-12-5-4-8-18-15(12)17-2/h4-9H,3,10H2,1-2H3,(H,17,18). The van der Waals surface area contributed by atoms with Crippen molar-refractivity contribution in [2.45, 2.75) is 20.0 Å². The summed E-state index contributed by atoms with van der Waals surface area (Å²) in [5.41, 5.74) is 2.12. The third-order valence-electron chi connectivity index (χ3n) is 2.92. The number of nitrogens with zero attached hydrogens (tertiary/aromatic N) is 1. The number of anilines is 1. The van der Waals surface area contributed by atoms with Crippen LogP contribution in [0.4, 0.5) is 5.82 Å². The Bertz CT molecular complexity index is 558. The highest BCUT2D eigenvalue weighted by atomic mass is 35.5. The molecule has 1 N–H and O–H groups in total. The predicted octanol–water partition coefficient (Wildman–Crippen LogP) is 3.92. The fraction of sp³-hybridized carbons (Fsp3) is 0.267. The molecule has 0 bridgehead atoms. The zero-order chi connectivity index (χ0) is 13.7. The maximum Gasteiger partial charge on any atom is 0.132 e. The van der Waals surface area contributed by atoms with Crippen molar-refractivity contribution in [1.82, 2.24) is 4.98 Å². The smallest absolute Gasteiger partial charge is 0.132 e. The van der Waals surface area contributed by atoms with E-state index in [2.05, 4.69) is 17.2 Å². The van der Waals surface area contributed by atoms with Gasteiger partial charge in [-0.25, -0.2) is 4.98 Å². The second kappa shape index (κ2) is 6.43. The minimum atomic E-state index is 0.481. The molecule has 2 rings (SSSR count). The van der Waals surface area contributed by atoms with Crippen molar-refractivity contribution >= 4 is 17.4 Å². The van der Waals surface area contributed by atoms with Gasteiger partial charge in [0.2, 0.25) is 0 Å². The van der Waals surface area contributed by atoms with Crippen molar-refractivity contribution in [3.8, 4) is 5.75 Å². The molecule has 0 aliphatic rings. The molecule has 4 heteroatoms. The van der Waals surface area contributed by atoms with E-state index in [4.69, 9.17) is 16.3 Å². The summed E-state index contributed by atoms with van der Waals surface area (Å²) in [4.78, 5) is 4.25. The summed E-state index contributed by atoms with van der Waals surface area (Å²) in [6, 6.07) is 9.64. The number of hydrogen-bond donors (Lipinski definition) is 1. The molecular formula is C15H17ClN2O. The Balaban J connectivity index is 2.10. The second-order valence-corrected chi connectivity index (χ2v) is 4.56. The van der Waals surface area contributed by atoms with E-state index in [0.29, 0.717) is 6.61 Å². The van der Waals surface area contributed by atoms with Gasteiger partial charge in [0, 0.05) is 23.8 Å². The van der Waals surface area contributed by atoms with Gasteiger partial charge in [0.25, 0.3) is 0 Å². The number of hydrogen-bond acceptors (Lipinski definition) is 3. The lowest BCUT2D eigenvalue weighted by Gasteiger charge is -2.11. The van der Waals surface area contributed by atoms with Crippen LogP contribution < -0.4 is 10.1 Å². The number of halogens is 1. The maximum absolute atomic E-state index is 6.09. The summed E-state index contributed by atoms with van der Waals surface area (Å²) in [7, 11) is 1.85. The molecule has 0 radical (unpaired) electrons. The van der Waals surface area contributed by atoms with E-state index in [1.165, 1.54) is 0 Å². The first kappa shape index (κ1) is 13.7. The van der Waals surface area contributed by atoms with Gasteiger partial charge in [0.05, 0.1) is 0 Å². The Labute approximate surface area is 118 Å². The molecule has 0 spiro atoms. The van der Waals surface area contributed by atoms with Crippen LogP contribution in [-0.2, 0) is 13.0 Å². The van der Waals surface area contributed by atoms with Crippen LogP contribution in [-0.4, -0.2) is 12.0 Å². The summed E-state index contributed by atoms with van der Waals surface area (Å²) in [5.74, 6) is 1.67. The molecule has 3 nitrogen and oxygen atoms in total. The van der Waals surface area contributed by atoms with E-state index in [9.17, 15) is 0 Å². The first-order valence-electron chi connectivity index (χ1n) is 6.27. The van der Waals surface area contributed by atoms with Crippen LogP contribution in [0, 0.1) is 0 Å². The van der Waals surface area contributed by atoms with Gasteiger partial charge in [-0.15, -0.1) is 0 Å². The Morgan fingerprint density at radius 1 is 1.26 bits per heavy atom. The van der Waals surface area contributed by atoms with Crippen LogP contribution in [0.2, 0.25) is 5.02 Å². The number of aryl methyl sites for hydroxylation is 1. The number of aromatic nitrogens is 1. The molecule has 2 aromatic rings. The van der Waals surface area contributed by atoms with Crippen LogP contribution in [0.15, 0.2) is 36.5 Å². The Kier molecular flexibility index (Phi) is 4.63. The maximum atomic E-state index is 6.09. The zero-order valence-corrected chi connectivity index (χ0v) is 11.9. The van der Waals surface area contributed by atoms with Gasteiger partial charge in [-0.3, -0.25) is 0 Å². The zero-order valence-electron chi connectivity index (χ0n) is 11.1. The predicted molar refractivity (Wildman–Crippen MR) is 78.9 cm³/mol.